The van der Waals surface area contributed by atoms with E-state index >= 15 is 0 Å². The zero-order chi connectivity index (χ0) is 13.5. The van der Waals surface area contributed by atoms with Crippen LogP contribution in [0.2, 0.25) is 0 Å². The van der Waals surface area contributed by atoms with Crippen LogP contribution in [0, 0.1) is 0 Å². The summed E-state index contributed by atoms with van der Waals surface area (Å²) in [6.45, 7) is 0. The first-order valence-electron chi connectivity index (χ1n) is 6.78. The Morgan fingerprint density at radius 1 is 1.21 bits per heavy atom. The van der Waals surface area contributed by atoms with E-state index in [2.05, 4.69) is 5.32 Å². The van der Waals surface area contributed by atoms with Crippen molar-refractivity contribution in [2.45, 2.75) is 43.6 Å². The summed E-state index contributed by atoms with van der Waals surface area (Å²) in [7, 11) is 0. The molecule has 0 bridgehead atoms. The van der Waals surface area contributed by atoms with Crippen LogP contribution in [0.5, 0.6) is 0 Å². The molecule has 1 saturated carbocycles. The van der Waals surface area contributed by atoms with E-state index in [1.54, 1.807) is 18.2 Å². The molecule has 1 amide bonds. The lowest BCUT2D eigenvalue weighted by atomic mass is 9.67. The molecule has 1 aromatic rings. The van der Waals surface area contributed by atoms with Crippen molar-refractivity contribution in [1.29, 1.82) is 0 Å². The lowest BCUT2D eigenvalue weighted by Gasteiger charge is -2.45. The largest absolute Gasteiger partial charge is 0.481 e. The number of rotatable bonds is 1. The fourth-order valence-corrected chi connectivity index (χ4v) is 3.58. The van der Waals surface area contributed by atoms with Crippen molar-refractivity contribution in [3.8, 4) is 0 Å². The van der Waals surface area contributed by atoms with E-state index in [0.29, 0.717) is 11.1 Å². The summed E-state index contributed by atoms with van der Waals surface area (Å²) < 4.78 is 0. The normalized spacial score (nSPS) is 24.6. The van der Waals surface area contributed by atoms with E-state index in [9.17, 15) is 14.7 Å². The van der Waals surface area contributed by atoms with Gasteiger partial charge in [0.15, 0.2) is 0 Å². The number of fused-ring (bicyclic) bond motifs is 1. The fraction of sp³-hybridized carbons (Fsp3) is 0.467. The smallest absolute Gasteiger partial charge is 0.313 e. The van der Waals surface area contributed by atoms with Gasteiger partial charge in [-0.05, 0) is 24.5 Å². The van der Waals surface area contributed by atoms with Crippen molar-refractivity contribution in [3.05, 3.63) is 35.4 Å². The molecule has 1 atom stereocenters. The Balaban J connectivity index is 2.13. The lowest BCUT2D eigenvalue weighted by molar-refractivity contribution is -0.141. The topological polar surface area (TPSA) is 66.4 Å². The quantitative estimate of drug-likeness (QED) is 0.813. The zero-order valence-corrected chi connectivity index (χ0v) is 10.7. The number of hydrogen-bond donors (Lipinski definition) is 2. The van der Waals surface area contributed by atoms with E-state index < -0.39 is 17.4 Å². The van der Waals surface area contributed by atoms with Gasteiger partial charge in [0.25, 0.3) is 5.91 Å². The standard InChI is InChI=1S/C15H17NO3/c17-13-11-7-3-2-6-10(11)12(14(18)19)15(16-13)8-4-1-5-9-15/h2-3,6-7,12H,1,4-5,8-9H2,(H,16,17)(H,18,19). The molecule has 0 aromatic heterocycles. The van der Waals surface area contributed by atoms with Gasteiger partial charge in [0.05, 0.1) is 5.54 Å². The number of carbonyl (C=O) groups excluding carboxylic acids is 1. The van der Waals surface area contributed by atoms with E-state index in [-0.39, 0.29) is 5.91 Å². The van der Waals surface area contributed by atoms with Gasteiger partial charge >= 0.3 is 5.97 Å². The van der Waals surface area contributed by atoms with Gasteiger partial charge < -0.3 is 10.4 Å². The lowest BCUT2D eigenvalue weighted by Crippen LogP contribution is -2.59. The highest BCUT2D eigenvalue weighted by Gasteiger charge is 2.49. The monoisotopic (exact) mass is 259 g/mol. The Labute approximate surface area is 111 Å². The van der Waals surface area contributed by atoms with E-state index in [0.717, 1.165) is 32.1 Å². The number of carboxylic acids is 1. The van der Waals surface area contributed by atoms with Crippen LogP contribution in [0.3, 0.4) is 0 Å². The number of carboxylic acid groups (broad SMARTS) is 1. The molecule has 1 aliphatic heterocycles. The highest BCUT2D eigenvalue weighted by atomic mass is 16.4. The summed E-state index contributed by atoms with van der Waals surface area (Å²) in [5.41, 5.74) is 0.585. The van der Waals surface area contributed by atoms with Crippen LogP contribution >= 0.6 is 0 Å². The van der Waals surface area contributed by atoms with Crippen LogP contribution in [0.1, 0.15) is 53.9 Å². The number of carbonyl (C=O) groups is 2. The SMILES string of the molecule is O=C1NC2(CCCCC2)C(C(=O)O)c2ccccc21. The number of hydrogen-bond acceptors (Lipinski definition) is 2. The third-order valence-corrected chi connectivity index (χ3v) is 4.42. The van der Waals surface area contributed by atoms with Crippen LogP contribution in [0.4, 0.5) is 0 Å². The average molecular weight is 259 g/mol. The Morgan fingerprint density at radius 2 is 1.89 bits per heavy atom. The second-order valence-electron chi connectivity index (χ2n) is 5.53. The van der Waals surface area contributed by atoms with Gasteiger partial charge in [-0.3, -0.25) is 9.59 Å². The molecule has 2 aliphatic rings. The van der Waals surface area contributed by atoms with Gasteiger partial charge in [0, 0.05) is 5.56 Å². The molecule has 19 heavy (non-hydrogen) atoms. The van der Waals surface area contributed by atoms with Crippen LogP contribution in [-0.4, -0.2) is 22.5 Å². The first-order valence-corrected chi connectivity index (χ1v) is 6.78. The number of nitrogens with one attached hydrogen (secondary N) is 1. The Kier molecular flexibility index (Phi) is 2.81. The average Bonchev–Trinajstić information content (AvgIpc) is 2.39. The molecule has 0 saturated heterocycles. The predicted octanol–water partition coefficient (Wildman–Crippen LogP) is 2.30. The molecule has 3 rings (SSSR count). The number of benzene rings is 1. The third-order valence-electron chi connectivity index (χ3n) is 4.42. The Morgan fingerprint density at radius 3 is 2.58 bits per heavy atom. The molecular weight excluding hydrogens is 242 g/mol. The van der Waals surface area contributed by atoms with Gasteiger partial charge in [-0.1, -0.05) is 37.5 Å². The molecule has 1 aromatic carbocycles. The summed E-state index contributed by atoms with van der Waals surface area (Å²) in [4.78, 5) is 24.0. The van der Waals surface area contributed by atoms with Gasteiger partial charge in [0.1, 0.15) is 5.92 Å². The van der Waals surface area contributed by atoms with Crippen LogP contribution < -0.4 is 5.32 Å². The molecular formula is C15H17NO3. The number of amides is 1. The Bertz CT molecular complexity index is 532. The molecule has 4 heteroatoms. The molecule has 1 aliphatic carbocycles. The van der Waals surface area contributed by atoms with Crippen molar-refractivity contribution in [3.63, 3.8) is 0 Å². The van der Waals surface area contributed by atoms with E-state index in [4.69, 9.17) is 0 Å². The minimum atomic E-state index is -0.839. The van der Waals surface area contributed by atoms with Crippen LogP contribution in [0.15, 0.2) is 24.3 Å². The van der Waals surface area contributed by atoms with Gasteiger partial charge in [0.2, 0.25) is 0 Å². The highest BCUT2D eigenvalue weighted by molar-refractivity contribution is 6.00. The summed E-state index contributed by atoms with van der Waals surface area (Å²) in [5.74, 6) is -1.59. The highest BCUT2D eigenvalue weighted by Crippen LogP contribution is 2.43. The molecule has 1 heterocycles. The molecule has 4 nitrogen and oxygen atoms in total. The van der Waals surface area contributed by atoms with Gasteiger partial charge in [-0.2, -0.15) is 0 Å². The van der Waals surface area contributed by atoms with E-state index in [1.165, 1.54) is 0 Å². The summed E-state index contributed by atoms with van der Waals surface area (Å²) >= 11 is 0. The molecule has 1 spiro atoms. The van der Waals surface area contributed by atoms with Crippen molar-refractivity contribution in [1.82, 2.24) is 5.32 Å². The molecule has 0 radical (unpaired) electrons. The van der Waals surface area contributed by atoms with Crippen molar-refractivity contribution in [2.75, 3.05) is 0 Å². The molecule has 1 fully saturated rings. The number of aliphatic carboxylic acids is 1. The summed E-state index contributed by atoms with van der Waals surface area (Å²) in [5, 5.41) is 12.6. The van der Waals surface area contributed by atoms with Crippen LogP contribution in [0.25, 0.3) is 0 Å². The van der Waals surface area contributed by atoms with Crippen molar-refractivity contribution >= 4 is 11.9 Å². The van der Waals surface area contributed by atoms with Gasteiger partial charge in [-0.15, -0.1) is 0 Å². The zero-order valence-electron chi connectivity index (χ0n) is 10.7. The maximum atomic E-state index is 12.2. The maximum absolute atomic E-state index is 12.2. The first kappa shape index (κ1) is 12.2. The maximum Gasteiger partial charge on any atom is 0.313 e. The second-order valence-corrected chi connectivity index (χ2v) is 5.53. The third kappa shape index (κ3) is 1.82. The van der Waals surface area contributed by atoms with E-state index in [1.807, 2.05) is 6.07 Å². The molecule has 2 N–H and O–H groups in total. The summed E-state index contributed by atoms with van der Waals surface area (Å²) in [6, 6.07) is 7.07. The summed E-state index contributed by atoms with van der Waals surface area (Å²) in [6.07, 6.45) is 4.58. The Hall–Kier alpha value is -1.84. The van der Waals surface area contributed by atoms with Crippen LogP contribution in [-0.2, 0) is 4.79 Å². The van der Waals surface area contributed by atoms with Crippen molar-refractivity contribution in [2.24, 2.45) is 0 Å². The minimum absolute atomic E-state index is 0.130. The first-order chi connectivity index (χ1) is 9.14. The van der Waals surface area contributed by atoms with Crippen molar-refractivity contribution < 1.29 is 14.7 Å². The minimum Gasteiger partial charge on any atom is -0.481 e. The second kappa shape index (κ2) is 4.37. The van der Waals surface area contributed by atoms with Gasteiger partial charge in [-0.25, -0.2) is 0 Å². The molecule has 100 valence electrons. The predicted molar refractivity (Wildman–Crippen MR) is 70.1 cm³/mol. The fourth-order valence-electron chi connectivity index (χ4n) is 3.58. The molecule has 1 unspecified atom stereocenters.